The van der Waals surface area contributed by atoms with Crippen LogP contribution in [0.15, 0.2) is 55.1 Å². The van der Waals surface area contributed by atoms with Crippen LogP contribution < -0.4 is 4.74 Å². The molecule has 0 bridgehead atoms. The number of nitrogens with zero attached hydrogens (tertiary/aromatic N) is 4. The smallest absolute Gasteiger partial charge is 0.250 e. The van der Waals surface area contributed by atoms with Gasteiger partial charge in [-0.2, -0.15) is 4.98 Å². The first-order valence-corrected chi connectivity index (χ1v) is 10.9. The van der Waals surface area contributed by atoms with Crippen LogP contribution in [0, 0.1) is 5.92 Å². The summed E-state index contributed by atoms with van der Waals surface area (Å²) in [5.41, 5.74) is 6.61. The number of hydrogen-bond donors (Lipinski definition) is 0. The van der Waals surface area contributed by atoms with Gasteiger partial charge in [0.15, 0.2) is 11.2 Å². The molecule has 0 amide bonds. The number of benzene rings is 2. The van der Waals surface area contributed by atoms with E-state index in [1.165, 1.54) is 28.6 Å². The molecule has 0 spiro atoms. The normalized spacial score (nSPS) is 21.9. The zero-order valence-corrected chi connectivity index (χ0v) is 17.7. The minimum Gasteiger partial charge on any atom is -0.437 e. The van der Waals surface area contributed by atoms with Crippen LogP contribution in [0.5, 0.6) is 11.6 Å². The van der Waals surface area contributed by atoms with E-state index in [1.807, 2.05) is 10.6 Å². The average Bonchev–Trinajstić information content (AvgIpc) is 3.48. The molecule has 0 saturated carbocycles. The first kappa shape index (κ1) is 18.5. The fraction of sp³-hybridized carbons (Fsp3) is 0.320. The second kappa shape index (κ2) is 7.17. The molecular formula is C25H24N4O2. The standard InChI is InChI=1S/C25H24N4O2/c1-3-21-15(2)10-22(31-21)29-14-28-23-24(29)26-13-27-25(23)30-18-8-9-20-17(12-18)11-16-6-4-5-7-19(16)20/h4-9,12-15,21-22H,3,10-11H2,1-2H3/t15-,21-,22-/m1/s1. The van der Waals surface area contributed by atoms with Gasteiger partial charge in [-0.05, 0) is 59.6 Å². The molecule has 6 rings (SSSR count). The van der Waals surface area contributed by atoms with Crippen molar-refractivity contribution >= 4 is 11.2 Å². The van der Waals surface area contributed by atoms with E-state index in [2.05, 4.69) is 65.2 Å². The lowest BCUT2D eigenvalue weighted by atomic mass is 10.0. The highest BCUT2D eigenvalue weighted by atomic mass is 16.5. The Morgan fingerprint density at radius 3 is 2.81 bits per heavy atom. The Hall–Kier alpha value is -3.25. The first-order chi connectivity index (χ1) is 15.2. The summed E-state index contributed by atoms with van der Waals surface area (Å²) in [6, 6.07) is 14.8. The molecule has 3 heterocycles. The summed E-state index contributed by atoms with van der Waals surface area (Å²) >= 11 is 0. The molecule has 1 fully saturated rings. The van der Waals surface area contributed by atoms with Gasteiger partial charge in [-0.3, -0.25) is 4.57 Å². The van der Waals surface area contributed by atoms with Gasteiger partial charge in [-0.25, -0.2) is 9.97 Å². The molecule has 2 aromatic heterocycles. The molecule has 31 heavy (non-hydrogen) atoms. The van der Waals surface area contributed by atoms with Crippen LogP contribution in [0.4, 0.5) is 0 Å². The molecule has 1 saturated heterocycles. The zero-order valence-electron chi connectivity index (χ0n) is 17.7. The molecule has 6 nitrogen and oxygen atoms in total. The predicted octanol–water partition coefficient (Wildman–Crippen LogP) is 5.52. The SMILES string of the molecule is CC[C@H]1O[C@@H](n2cnc3c(Oc4ccc5c(c4)Cc4ccccc4-5)ncnc32)C[C@H]1C. The van der Waals surface area contributed by atoms with Crippen molar-refractivity contribution in [1.29, 1.82) is 0 Å². The lowest BCUT2D eigenvalue weighted by Gasteiger charge is -2.14. The van der Waals surface area contributed by atoms with Crippen LogP contribution in [-0.4, -0.2) is 25.6 Å². The first-order valence-electron chi connectivity index (χ1n) is 10.9. The third-order valence-electron chi connectivity index (χ3n) is 6.56. The van der Waals surface area contributed by atoms with Crippen LogP contribution in [-0.2, 0) is 11.2 Å². The van der Waals surface area contributed by atoms with Gasteiger partial charge in [0, 0.05) is 0 Å². The van der Waals surface area contributed by atoms with Gasteiger partial charge in [0.05, 0.1) is 12.4 Å². The maximum Gasteiger partial charge on any atom is 0.250 e. The second-order valence-corrected chi connectivity index (χ2v) is 8.51. The Morgan fingerprint density at radius 1 is 1.06 bits per heavy atom. The molecule has 2 aromatic carbocycles. The highest BCUT2D eigenvalue weighted by Gasteiger charge is 2.33. The summed E-state index contributed by atoms with van der Waals surface area (Å²) in [5, 5.41) is 0. The minimum atomic E-state index is -0.0498. The highest BCUT2D eigenvalue weighted by molar-refractivity contribution is 5.78. The average molecular weight is 412 g/mol. The molecule has 156 valence electrons. The summed E-state index contributed by atoms with van der Waals surface area (Å²) in [4.78, 5) is 13.4. The minimum absolute atomic E-state index is 0.0498. The number of hydrogen-bond acceptors (Lipinski definition) is 5. The van der Waals surface area contributed by atoms with Crippen molar-refractivity contribution in [2.24, 2.45) is 5.92 Å². The number of imidazole rings is 1. The summed E-state index contributed by atoms with van der Waals surface area (Å²) in [6.07, 6.45) is 6.44. The summed E-state index contributed by atoms with van der Waals surface area (Å²) in [7, 11) is 0. The summed E-state index contributed by atoms with van der Waals surface area (Å²) in [5.74, 6) is 1.75. The van der Waals surface area contributed by atoms with E-state index in [9.17, 15) is 0 Å². The molecule has 2 aliphatic rings. The predicted molar refractivity (Wildman–Crippen MR) is 118 cm³/mol. The molecule has 1 aliphatic heterocycles. The van der Waals surface area contributed by atoms with Crippen molar-refractivity contribution < 1.29 is 9.47 Å². The Labute approximate surface area is 180 Å². The summed E-state index contributed by atoms with van der Waals surface area (Å²) in [6.45, 7) is 4.40. The Bertz CT molecular complexity index is 1280. The van der Waals surface area contributed by atoms with E-state index < -0.39 is 0 Å². The van der Waals surface area contributed by atoms with Crippen LogP contribution >= 0.6 is 0 Å². The quantitative estimate of drug-likeness (QED) is 0.389. The maximum atomic E-state index is 6.24. The lowest BCUT2D eigenvalue weighted by Crippen LogP contribution is -2.12. The van der Waals surface area contributed by atoms with Crippen molar-refractivity contribution in [2.45, 2.75) is 45.4 Å². The van der Waals surface area contributed by atoms with Gasteiger partial charge in [0.25, 0.3) is 5.88 Å². The second-order valence-electron chi connectivity index (χ2n) is 8.51. The number of rotatable bonds is 4. The van der Waals surface area contributed by atoms with E-state index in [0.29, 0.717) is 17.3 Å². The Kier molecular flexibility index (Phi) is 4.28. The van der Waals surface area contributed by atoms with E-state index >= 15 is 0 Å². The largest absolute Gasteiger partial charge is 0.437 e. The van der Waals surface area contributed by atoms with E-state index in [-0.39, 0.29) is 12.3 Å². The topological polar surface area (TPSA) is 62.1 Å². The lowest BCUT2D eigenvalue weighted by molar-refractivity contribution is -0.00304. The van der Waals surface area contributed by atoms with Crippen LogP contribution in [0.3, 0.4) is 0 Å². The third-order valence-corrected chi connectivity index (χ3v) is 6.56. The van der Waals surface area contributed by atoms with Crippen molar-refractivity contribution in [3.8, 4) is 22.8 Å². The van der Waals surface area contributed by atoms with Crippen LogP contribution in [0.1, 0.15) is 44.0 Å². The van der Waals surface area contributed by atoms with Gasteiger partial charge in [-0.1, -0.05) is 44.2 Å². The monoisotopic (exact) mass is 412 g/mol. The van der Waals surface area contributed by atoms with Crippen molar-refractivity contribution in [3.05, 3.63) is 66.2 Å². The number of fused-ring (bicyclic) bond motifs is 4. The molecule has 1 aliphatic carbocycles. The van der Waals surface area contributed by atoms with Gasteiger partial charge >= 0.3 is 0 Å². The van der Waals surface area contributed by atoms with E-state index in [1.54, 1.807) is 6.33 Å². The van der Waals surface area contributed by atoms with Gasteiger partial charge in [-0.15, -0.1) is 0 Å². The molecule has 3 atom stereocenters. The summed E-state index contributed by atoms with van der Waals surface area (Å²) < 4.78 is 14.4. The van der Waals surface area contributed by atoms with Gasteiger partial charge in [0.1, 0.15) is 18.3 Å². The highest BCUT2D eigenvalue weighted by Crippen LogP contribution is 2.40. The fourth-order valence-corrected chi connectivity index (χ4v) is 4.95. The zero-order chi connectivity index (χ0) is 20.9. The molecule has 4 aromatic rings. The van der Waals surface area contributed by atoms with Crippen molar-refractivity contribution in [1.82, 2.24) is 19.5 Å². The maximum absolute atomic E-state index is 6.24. The Balaban J connectivity index is 1.30. The van der Waals surface area contributed by atoms with E-state index in [4.69, 9.17) is 9.47 Å². The van der Waals surface area contributed by atoms with Gasteiger partial charge in [0.2, 0.25) is 0 Å². The molecule has 0 unspecified atom stereocenters. The van der Waals surface area contributed by atoms with E-state index in [0.717, 1.165) is 30.7 Å². The fourth-order valence-electron chi connectivity index (χ4n) is 4.95. The molecule has 6 heteroatoms. The molecular weight excluding hydrogens is 388 g/mol. The van der Waals surface area contributed by atoms with Gasteiger partial charge < -0.3 is 9.47 Å². The molecule has 0 N–H and O–H groups in total. The van der Waals surface area contributed by atoms with Crippen molar-refractivity contribution in [3.63, 3.8) is 0 Å². The Morgan fingerprint density at radius 2 is 1.94 bits per heavy atom. The van der Waals surface area contributed by atoms with Crippen LogP contribution in [0.2, 0.25) is 0 Å². The van der Waals surface area contributed by atoms with Crippen LogP contribution in [0.25, 0.3) is 22.3 Å². The number of ether oxygens (including phenoxy) is 2. The number of aromatic nitrogens is 4. The molecule has 0 radical (unpaired) electrons. The third kappa shape index (κ3) is 3.01. The van der Waals surface area contributed by atoms with Crippen molar-refractivity contribution in [2.75, 3.05) is 0 Å².